The zero-order valence-corrected chi connectivity index (χ0v) is 17.8. The van der Waals surface area contributed by atoms with Crippen molar-refractivity contribution < 1.29 is 14.3 Å². The summed E-state index contributed by atoms with van der Waals surface area (Å²) < 4.78 is 7.44. The fourth-order valence-corrected chi connectivity index (χ4v) is 4.12. The molecule has 162 valence electrons. The highest BCUT2D eigenvalue weighted by atomic mass is 35.5. The third-order valence-electron chi connectivity index (χ3n) is 5.64. The van der Waals surface area contributed by atoms with E-state index in [-0.39, 0.29) is 42.1 Å². The Kier molecular flexibility index (Phi) is 7.33. The zero-order valence-electron chi connectivity index (χ0n) is 17.0. The molecule has 3 atom stereocenters. The number of ether oxygens (including phenoxy) is 1. The number of carbonyl (C=O) groups excluding carboxylic acids is 2. The molecule has 2 aliphatic rings. The summed E-state index contributed by atoms with van der Waals surface area (Å²) in [6.45, 7) is 2.88. The molecular formula is C21H28ClN5O3. The molecule has 1 unspecified atom stereocenters. The highest BCUT2D eigenvalue weighted by Gasteiger charge is 2.37. The first-order valence-electron chi connectivity index (χ1n) is 10.1. The van der Waals surface area contributed by atoms with Crippen molar-refractivity contribution in [1.29, 1.82) is 0 Å². The molecule has 0 spiro atoms. The van der Waals surface area contributed by atoms with Gasteiger partial charge in [0.25, 0.3) is 0 Å². The van der Waals surface area contributed by atoms with Gasteiger partial charge in [-0.2, -0.15) is 5.10 Å². The van der Waals surface area contributed by atoms with Crippen molar-refractivity contribution in [3.8, 4) is 5.75 Å². The normalized spacial score (nSPS) is 23.3. The van der Waals surface area contributed by atoms with Gasteiger partial charge in [-0.3, -0.25) is 14.3 Å². The number of hydrogen-bond donors (Lipinski definition) is 2. The lowest BCUT2D eigenvalue weighted by Crippen LogP contribution is -2.42. The molecule has 2 N–H and O–H groups in total. The first-order valence-corrected chi connectivity index (χ1v) is 10.1. The Bertz CT molecular complexity index is 859. The Balaban J connectivity index is 0.00000256. The predicted molar refractivity (Wildman–Crippen MR) is 115 cm³/mol. The number of hydrogen-bond acceptors (Lipinski definition) is 5. The minimum Gasteiger partial charge on any atom is -0.492 e. The van der Waals surface area contributed by atoms with Crippen LogP contribution in [0.2, 0.25) is 0 Å². The molecule has 2 amide bonds. The summed E-state index contributed by atoms with van der Waals surface area (Å²) in [6.07, 6.45) is 4.13. The van der Waals surface area contributed by atoms with Gasteiger partial charge in [0.2, 0.25) is 11.8 Å². The highest BCUT2D eigenvalue weighted by Crippen LogP contribution is 2.28. The van der Waals surface area contributed by atoms with Crippen LogP contribution in [0.4, 0.5) is 0 Å². The first-order chi connectivity index (χ1) is 14.1. The number of benzene rings is 1. The number of halogens is 1. The van der Waals surface area contributed by atoms with Crippen LogP contribution in [-0.2, 0) is 16.6 Å². The van der Waals surface area contributed by atoms with Crippen molar-refractivity contribution in [3.63, 3.8) is 0 Å². The number of nitrogens with one attached hydrogen (secondary N) is 2. The van der Waals surface area contributed by atoms with Gasteiger partial charge < -0.3 is 20.3 Å². The van der Waals surface area contributed by atoms with E-state index >= 15 is 0 Å². The molecule has 0 aliphatic carbocycles. The number of likely N-dealkylation sites (tertiary alicyclic amines) is 1. The number of carbonyl (C=O) groups is 2. The van der Waals surface area contributed by atoms with Gasteiger partial charge in [0.05, 0.1) is 24.7 Å². The second kappa shape index (κ2) is 9.95. The molecule has 0 radical (unpaired) electrons. The molecular weight excluding hydrogens is 406 g/mol. The molecule has 0 saturated carbocycles. The number of nitrogens with zero attached hydrogens (tertiary/aromatic N) is 3. The summed E-state index contributed by atoms with van der Waals surface area (Å²) >= 11 is 0. The van der Waals surface area contributed by atoms with E-state index in [2.05, 4.69) is 15.7 Å². The van der Waals surface area contributed by atoms with Crippen LogP contribution in [0.5, 0.6) is 5.75 Å². The molecule has 2 fully saturated rings. The molecule has 9 heteroatoms. The molecule has 30 heavy (non-hydrogen) atoms. The van der Waals surface area contributed by atoms with Gasteiger partial charge in [0.15, 0.2) is 0 Å². The zero-order chi connectivity index (χ0) is 20.2. The summed E-state index contributed by atoms with van der Waals surface area (Å²) in [5, 5.41) is 10.6. The van der Waals surface area contributed by atoms with E-state index < -0.39 is 0 Å². The first kappa shape index (κ1) is 22.1. The number of aryl methyl sites for hydroxylation is 1. The molecule has 4 rings (SSSR count). The molecule has 3 heterocycles. The van der Waals surface area contributed by atoms with Crippen LogP contribution in [0, 0.1) is 5.92 Å². The van der Waals surface area contributed by atoms with E-state index in [1.807, 2.05) is 49.8 Å². The largest absolute Gasteiger partial charge is 0.492 e. The lowest BCUT2D eigenvalue weighted by Gasteiger charge is -2.21. The summed E-state index contributed by atoms with van der Waals surface area (Å²) in [5.41, 5.74) is 1.07. The summed E-state index contributed by atoms with van der Waals surface area (Å²) in [5.74, 6) is 0.810. The van der Waals surface area contributed by atoms with Crippen molar-refractivity contribution >= 4 is 24.2 Å². The van der Waals surface area contributed by atoms with Crippen LogP contribution >= 0.6 is 12.4 Å². The maximum Gasteiger partial charge on any atom is 0.225 e. The Morgan fingerprint density at radius 1 is 1.30 bits per heavy atom. The number of rotatable bonds is 7. The molecule has 1 aromatic carbocycles. The van der Waals surface area contributed by atoms with Gasteiger partial charge in [0.1, 0.15) is 12.4 Å². The second-order valence-corrected chi connectivity index (χ2v) is 7.73. The SMILES string of the molecule is Cl.Cn1cc([C@H]2CNC[C@@H]2C(=O)NC2CC(=O)N(CCOc3ccccc3)C2)cn1. The topological polar surface area (TPSA) is 88.5 Å². The maximum atomic E-state index is 12.9. The Hall–Kier alpha value is -2.58. The number of aromatic nitrogens is 2. The van der Waals surface area contributed by atoms with E-state index in [1.165, 1.54) is 0 Å². The van der Waals surface area contributed by atoms with E-state index in [9.17, 15) is 9.59 Å². The lowest BCUT2D eigenvalue weighted by atomic mass is 9.90. The van der Waals surface area contributed by atoms with Gasteiger partial charge in [-0.05, 0) is 17.7 Å². The summed E-state index contributed by atoms with van der Waals surface area (Å²) in [6, 6.07) is 9.40. The van der Waals surface area contributed by atoms with Crippen LogP contribution in [0.3, 0.4) is 0 Å². The second-order valence-electron chi connectivity index (χ2n) is 7.73. The maximum absolute atomic E-state index is 12.9. The van der Waals surface area contributed by atoms with Crippen molar-refractivity contribution in [1.82, 2.24) is 25.3 Å². The number of amides is 2. The standard InChI is InChI=1S/C21H27N5O3.ClH/c1-25-13-15(10-23-25)18-11-22-12-19(18)21(28)24-16-9-20(27)26(14-16)7-8-29-17-5-3-2-4-6-17;/h2-6,10,13,16,18-19,22H,7-9,11-12,14H2,1H3,(H,24,28);1H/t16?,18-,19+;/m1./s1. The van der Waals surface area contributed by atoms with E-state index in [1.54, 1.807) is 9.58 Å². The molecule has 2 aromatic rings. The quantitative estimate of drug-likeness (QED) is 0.678. The van der Waals surface area contributed by atoms with Gasteiger partial charge in [0, 0.05) is 45.2 Å². The van der Waals surface area contributed by atoms with Crippen LogP contribution in [0.25, 0.3) is 0 Å². The molecule has 2 aliphatic heterocycles. The Labute approximate surface area is 182 Å². The van der Waals surface area contributed by atoms with Crippen LogP contribution in [0.15, 0.2) is 42.7 Å². The van der Waals surface area contributed by atoms with E-state index in [0.29, 0.717) is 32.7 Å². The fraction of sp³-hybridized carbons (Fsp3) is 0.476. The van der Waals surface area contributed by atoms with Gasteiger partial charge in [-0.1, -0.05) is 18.2 Å². The third kappa shape index (κ3) is 5.12. The van der Waals surface area contributed by atoms with Gasteiger partial charge in [-0.15, -0.1) is 12.4 Å². The van der Waals surface area contributed by atoms with Crippen molar-refractivity contribution in [2.24, 2.45) is 13.0 Å². The van der Waals surface area contributed by atoms with Crippen LogP contribution in [0.1, 0.15) is 17.9 Å². The summed E-state index contributed by atoms with van der Waals surface area (Å²) in [7, 11) is 1.88. The van der Waals surface area contributed by atoms with E-state index in [0.717, 1.165) is 17.9 Å². The molecule has 1 aromatic heterocycles. The average Bonchev–Trinajstić information content (AvgIpc) is 3.43. The van der Waals surface area contributed by atoms with Gasteiger partial charge in [-0.25, -0.2) is 0 Å². The number of para-hydroxylation sites is 1. The van der Waals surface area contributed by atoms with Crippen LogP contribution in [-0.4, -0.2) is 65.3 Å². The van der Waals surface area contributed by atoms with Gasteiger partial charge >= 0.3 is 0 Å². The average molecular weight is 434 g/mol. The molecule has 8 nitrogen and oxygen atoms in total. The minimum absolute atomic E-state index is 0. The molecule has 2 saturated heterocycles. The lowest BCUT2D eigenvalue weighted by molar-refractivity contribution is -0.128. The van der Waals surface area contributed by atoms with Crippen molar-refractivity contribution in [2.45, 2.75) is 18.4 Å². The Morgan fingerprint density at radius 2 is 2.10 bits per heavy atom. The smallest absolute Gasteiger partial charge is 0.225 e. The van der Waals surface area contributed by atoms with Crippen molar-refractivity contribution in [2.75, 3.05) is 32.8 Å². The Morgan fingerprint density at radius 3 is 2.83 bits per heavy atom. The van der Waals surface area contributed by atoms with E-state index in [4.69, 9.17) is 4.74 Å². The summed E-state index contributed by atoms with van der Waals surface area (Å²) in [4.78, 5) is 26.9. The van der Waals surface area contributed by atoms with Crippen LogP contribution < -0.4 is 15.4 Å². The highest BCUT2D eigenvalue weighted by molar-refractivity contribution is 5.85. The molecule has 0 bridgehead atoms. The van der Waals surface area contributed by atoms with Crippen molar-refractivity contribution in [3.05, 3.63) is 48.3 Å². The fourth-order valence-electron chi connectivity index (χ4n) is 4.12. The predicted octanol–water partition coefficient (Wildman–Crippen LogP) is 0.941. The minimum atomic E-state index is -0.151. The third-order valence-corrected chi connectivity index (χ3v) is 5.64. The monoisotopic (exact) mass is 433 g/mol.